The minimum absolute atomic E-state index is 0.00856. The lowest BCUT2D eigenvalue weighted by Crippen LogP contribution is -2.38. The van der Waals surface area contributed by atoms with Gasteiger partial charge in [-0.1, -0.05) is 24.8 Å². The number of H-pyrrole nitrogens is 1. The van der Waals surface area contributed by atoms with Crippen LogP contribution in [0.4, 0.5) is 24.7 Å². The number of methoxy groups -OCH3 is 1. The number of benzene rings is 2. The zero-order chi connectivity index (χ0) is 29.7. The van der Waals surface area contributed by atoms with E-state index in [4.69, 9.17) is 14.8 Å². The van der Waals surface area contributed by atoms with Crippen LogP contribution in [0.1, 0.15) is 16.8 Å². The molecule has 0 spiro atoms. The van der Waals surface area contributed by atoms with Crippen LogP contribution in [-0.4, -0.2) is 82.3 Å². The Morgan fingerprint density at radius 2 is 1.95 bits per heavy atom. The maximum atomic E-state index is 13.1. The van der Waals surface area contributed by atoms with Crippen molar-refractivity contribution in [1.29, 1.82) is 0 Å². The van der Waals surface area contributed by atoms with Crippen molar-refractivity contribution in [2.75, 3.05) is 39.6 Å². The highest BCUT2D eigenvalue weighted by Crippen LogP contribution is 2.30. The zero-order valence-corrected chi connectivity index (χ0v) is 22.9. The van der Waals surface area contributed by atoms with Crippen LogP contribution >= 0.6 is 0 Å². The molecule has 0 bridgehead atoms. The highest BCUT2D eigenvalue weighted by Gasteiger charge is 2.31. The maximum Gasteiger partial charge on any atom is 0.448 e. The molecule has 0 saturated carbocycles. The number of carbonyl (C=O) groups is 1. The maximum absolute atomic E-state index is 13.1. The van der Waals surface area contributed by atoms with Crippen LogP contribution in [0.5, 0.6) is 5.75 Å². The summed E-state index contributed by atoms with van der Waals surface area (Å²) < 4.78 is 38.1. The fraction of sp³-hybridized carbons (Fsp3) is 0.276. The van der Waals surface area contributed by atoms with Gasteiger partial charge >= 0.3 is 6.18 Å². The van der Waals surface area contributed by atoms with E-state index in [1.54, 1.807) is 25.6 Å². The van der Waals surface area contributed by atoms with Crippen LogP contribution in [-0.2, 0) is 0 Å². The molecule has 1 aliphatic rings. The first-order valence-electron chi connectivity index (χ1n) is 12.7. The van der Waals surface area contributed by atoms with Crippen molar-refractivity contribution in [3.8, 4) is 17.1 Å². The van der Waals surface area contributed by atoms with Crippen LogP contribution in [0.2, 0.25) is 0 Å². The summed E-state index contributed by atoms with van der Waals surface area (Å²) in [4.78, 5) is 29.6. The van der Waals surface area contributed by atoms with Crippen molar-refractivity contribution in [2.45, 2.75) is 18.6 Å². The Hall–Kier alpha value is -4.58. The molecule has 1 atom stereocenters. The summed E-state index contributed by atoms with van der Waals surface area (Å²) in [5.41, 5.74) is 3.98. The largest absolute Gasteiger partial charge is 0.505 e. The van der Waals surface area contributed by atoms with Crippen LogP contribution in [0, 0.1) is 0 Å². The number of nitrogens with zero attached hydrogens (tertiary/aromatic N) is 4. The first-order valence-corrected chi connectivity index (χ1v) is 12.7. The summed E-state index contributed by atoms with van der Waals surface area (Å²) in [6.07, 6.45) is -0.263. The predicted molar refractivity (Wildman–Crippen MR) is 151 cm³/mol. The van der Waals surface area contributed by atoms with E-state index in [2.05, 4.69) is 45.9 Å². The number of fused-ring (bicyclic) bond motifs is 1. The molecule has 1 aliphatic heterocycles. The minimum atomic E-state index is -4.64. The lowest BCUT2D eigenvalue weighted by atomic mass is 10.1. The Morgan fingerprint density at radius 3 is 2.59 bits per heavy atom. The number of likely N-dealkylation sites (N-methyl/N-ethyl adjacent to an activating group) is 2. The molecule has 5 rings (SSSR count). The Balaban J connectivity index is 0.000000493. The van der Waals surface area contributed by atoms with E-state index in [9.17, 15) is 18.0 Å². The number of aliphatic hydroxyl groups is 1. The molecule has 1 unspecified atom stereocenters. The normalized spacial score (nSPS) is 15.2. The van der Waals surface area contributed by atoms with Crippen molar-refractivity contribution in [3.63, 3.8) is 0 Å². The molecule has 1 saturated heterocycles. The average Bonchev–Trinajstić information content (AvgIpc) is 3.59. The number of rotatable bonds is 6. The number of halogens is 3. The highest BCUT2D eigenvalue weighted by atomic mass is 19.4. The number of carbonyl (C=O) groups excluding carboxylic acids is 1. The monoisotopic (exact) mass is 568 g/mol. The van der Waals surface area contributed by atoms with E-state index in [0.717, 1.165) is 41.8 Å². The Kier molecular flexibility index (Phi) is 8.82. The molecule has 41 heavy (non-hydrogen) atoms. The van der Waals surface area contributed by atoms with Crippen molar-refractivity contribution in [3.05, 3.63) is 78.8 Å². The third-order valence-corrected chi connectivity index (χ3v) is 6.71. The molecule has 9 nitrogen and oxygen atoms in total. The average molecular weight is 569 g/mol. The lowest BCUT2D eigenvalue weighted by molar-refractivity contribution is -0.119. The topological polar surface area (TPSA) is 107 Å². The Bertz CT molecular complexity index is 1500. The number of nitrogens with one attached hydrogen (secondary N) is 2. The number of hydrogen-bond acceptors (Lipinski definition) is 7. The van der Waals surface area contributed by atoms with E-state index in [1.165, 1.54) is 0 Å². The van der Waals surface area contributed by atoms with Gasteiger partial charge in [-0.2, -0.15) is 13.2 Å². The lowest BCUT2D eigenvalue weighted by Gasteiger charge is -2.25. The molecule has 216 valence electrons. The smallest absolute Gasteiger partial charge is 0.448 e. The second kappa shape index (κ2) is 12.3. The molecular weight excluding hydrogens is 537 g/mol. The molecule has 2 aromatic carbocycles. The minimum Gasteiger partial charge on any atom is -0.505 e. The van der Waals surface area contributed by atoms with Gasteiger partial charge in [-0.3, -0.25) is 9.78 Å². The molecule has 1 amide bonds. The summed E-state index contributed by atoms with van der Waals surface area (Å²) in [6, 6.07) is 15.8. The first-order chi connectivity index (χ1) is 19.5. The summed E-state index contributed by atoms with van der Waals surface area (Å²) >= 11 is 0. The molecule has 1 fully saturated rings. The van der Waals surface area contributed by atoms with Crippen LogP contribution in [0.3, 0.4) is 0 Å². The molecule has 12 heteroatoms. The fourth-order valence-electron chi connectivity index (χ4n) is 4.43. The molecule has 3 heterocycles. The number of anilines is 2. The molecule has 2 aromatic heterocycles. The van der Waals surface area contributed by atoms with Gasteiger partial charge in [0.05, 0.1) is 30.9 Å². The number of ether oxygens (including phenoxy) is 1. The fourth-order valence-corrected chi connectivity index (χ4v) is 4.43. The summed E-state index contributed by atoms with van der Waals surface area (Å²) in [7, 11) is 5.55. The van der Waals surface area contributed by atoms with E-state index < -0.39 is 11.9 Å². The SMILES string of the molecule is C=C(O)C(F)(F)F.COc1cc(C(=O)N(C)C2CCN(C)C2)ccc1Nc1cncc(-c2cc3ccccc3[nH]2)n1. The van der Waals surface area contributed by atoms with E-state index >= 15 is 0 Å². The van der Waals surface area contributed by atoms with Gasteiger partial charge in [0.15, 0.2) is 5.76 Å². The van der Waals surface area contributed by atoms with Gasteiger partial charge in [0, 0.05) is 36.1 Å². The van der Waals surface area contributed by atoms with Crippen molar-refractivity contribution < 1.29 is 27.8 Å². The van der Waals surface area contributed by atoms with E-state index in [0.29, 0.717) is 22.8 Å². The summed E-state index contributed by atoms with van der Waals surface area (Å²) in [6.45, 7) is 4.16. The van der Waals surface area contributed by atoms with Gasteiger partial charge in [-0.25, -0.2) is 4.98 Å². The van der Waals surface area contributed by atoms with Gasteiger partial charge in [-0.15, -0.1) is 0 Å². The van der Waals surface area contributed by atoms with Crippen molar-refractivity contribution in [2.24, 2.45) is 0 Å². The van der Waals surface area contributed by atoms with Gasteiger partial charge < -0.3 is 29.9 Å². The molecule has 3 N–H and O–H groups in total. The molecule has 0 radical (unpaired) electrons. The number of alkyl halides is 3. The third kappa shape index (κ3) is 7.14. The molecule has 4 aromatic rings. The van der Waals surface area contributed by atoms with Crippen molar-refractivity contribution >= 4 is 28.3 Å². The molecular formula is C29H31F3N6O3. The number of hydrogen-bond donors (Lipinski definition) is 3. The van der Waals surface area contributed by atoms with Gasteiger partial charge in [0.2, 0.25) is 0 Å². The number of allylic oxidation sites excluding steroid dienone is 1. The molecule has 0 aliphatic carbocycles. The number of likely N-dealkylation sites (tertiary alicyclic amines) is 1. The van der Waals surface area contributed by atoms with Crippen LogP contribution in [0.15, 0.2) is 73.3 Å². The predicted octanol–water partition coefficient (Wildman–Crippen LogP) is 5.77. The Labute approximate surface area is 235 Å². The van der Waals surface area contributed by atoms with Crippen LogP contribution < -0.4 is 10.1 Å². The standard InChI is InChI=1S/C26H28N6O2.C3H3F3O/c1-31-11-10-19(16-31)32(2)26(33)18-8-9-21(24(13-18)34-3)29-25-15-27-14-23(30-25)22-12-17-6-4-5-7-20(17)28-22;1-2(7)3(4,5)6/h4-9,12-15,19,28H,10-11,16H2,1-3H3,(H,29,30);7H,1H2. The zero-order valence-electron chi connectivity index (χ0n) is 22.9. The highest BCUT2D eigenvalue weighted by molar-refractivity contribution is 5.95. The second-order valence-corrected chi connectivity index (χ2v) is 9.67. The quantitative estimate of drug-likeness (QED) is 0.254. The van der Waals surface area contributed by atoms with Crippen LogP contribution in [0.25, 0.3) is 22.3 Å². The number of aliphatic hydroxyl groups excluding tert-OH is 1. The van der Waals surface area contributed by atoms with Gasteiger partial charge in [0.1, 0.15) is 17.3 Å². The number of amides is 1. The first kappa shape index (κ1) is 29.4. The van der Waals surface area contributed by atoms with E-state index in [1.807, 2.05) is 42.3 Å². The van der Waals surface area contributed by atoms with Gasteiger partial charge in [-0.05, 0) is 50.3 Å². The third-order valence-electron chi connectivity index (χ3n) is 6.71. The van der Waals surface area contributed by atoms with Crippen molar-refractivity contribution in [1.82, 2.24) is 24.8 Å². The summed E-state index contributed by atoms with van der Waals surface area (Å²) in [5.74, 6) is -0.613. The number of aromatic amines is 1. The summed E-state index contributed by atoms with van der Waals surface area (Å²) in [5, 5.41) is 12.0. The number of para-hydroxylation sites is 1. The van der Waals surface area contributed by atoms with Gasteiger partial charge in [0.25, 0.3) is 5.91 Å². The number of aromatic nitrogens is 3. The van der Waals surface area contributed by atoms with E-state index in [-0.39, 0.29) is 11.9 Å². The Morgan fingerprint density at radius 1 is 1.22 bits per heavy atom. The second-order valence-electron chi connectivity index (χ2n) is 9.67.